The van der Waals surface area contributed by atoms with Crippen molar-refractivity contribution >= 4 is 29.4 Å². The third kappa shape index (κ3) is 4.65. The average Bonchev–Trinajstić information content (AvgIpc) is 2.69. The zero-order chi connectivity index (χ0) is 19.4. The minimum Gasteiger partial charge on any atom is -0.478 e. The molecule has 6 nitrogen and oxygen atoms in total. The van der Waals surface area contributed by atoms with Crippen molar-refractivity contribution in [2.75, 3.05) is 26.2 Å². The average molecular weight is 387 g/mol. The van der Waals surface area contributed by atoms with Crippen molar-refractivity contribution in [2.24, 2.45) is 0 Å². The van der Waals surface area contributed by atoms with Crippen LogP contribution in [0.25, 0.3) is 0 Å². The van der Waals surface area contributed by atoms with Crippen LogP contribution in [-0.2, 0) is 11.2 Å². The number of amides is 2. The molecule has 1 aliphatic heterocycles. The van der Waals surface area contributed by atoms with E-state index in [9.17, 15) is 14.4 Å². The van der Waals surface area contributed by atoms with Gasteiger partial charge in [-0.05, 0) is 35.9 Å². The summed E-state index contributed by atoms with van der Waals surface area (Å²) in [5.41, 5.74) is 1.32. The van der Waals surface area contributed by atoms with Crippen LogP contribution in [-0.4, -0.2) is 58.9 Å². The topological polar surface area (TPSA) is 77.9 Å². The normalized spacial score (nSPS) is 14.1. The van der Waals surface area contributed by atoms with Gasteiger partial charge in [-0.3, -0.25) is 9.59 Å². The fourth-order valence-electron chi connectivity index (χ4n) is 3.02. The second-order valence-corrected chi connectivity index (χ2v) is 6.80. The Morgan fingerprint density at radius 2 is 1.48 bits per heavy atom. The van der Waals surface area contributed by atoms with E-state index in [1.165, 1.54) is 12.1 Å². The number of halogens is 1. The van der Waals surface area contributed by atoms with Gasteiger partial charge in [0.1, 0.15) is 0 Å². The number of aromatic carboxylic acids is 1. The first-order valence-corrected chi connectivity index (χ1v) is 8.96. The fourth-order valence-corrected chi connectivity index (χ4v) is 3.14. The molecule has 0 aliphatic carbocycles. The molecule has 0 bridgehead atoms. The number of hydrogen-bond donors (Lipinski definition) is 1. The second kappa shape index (κ2) is 8.22. The van der Waals surface area contributed by atoms with E-state index in [2.05, 4.69) is 0 Å². The minimum absolute atomic E-state index is 0.0114. The van der Waals surface area contributed by atoms with Crippen molar-refractivity contribution in [3.63, 3.8) is 0 Å². The lowest BCUT2D eigenvalue weighted by Gasteiger charge is -2.35. The molecular weight excluding hydrogens is 368 g/mol. The molecule has 0 spiro atoms. The summed E-state index contributed by atoms with van der Waals surface area (Å²) in [5, 5.41) is 9.69. The third-order valence-corrected chi connectivity index (χ3v) is 4.80. The molecule has 140 valence electrons. The van der Waals surface area contributed by atoms with E-state index < -0.39 is 5.97 Å². The molecule has 1 aliphatic rings. The summed E-state index contributed by atoms with van der Waals surface area (Å²) in [7, 11) is 0. The SMILES string of the molecule is O=C(O)c1cccc(C(=O)N2CCN(C(=O)Cc3ccc(Cl)cc3)CC2)c1. The molecule has 1 heterocycles. The molecule has 2 amide bonds. The summed E-state index contributed by atoms with van der Waals surface area (Å²) >= 11 is 5.85. The molecular formula is C20H19ClN2O4. The monoisotopic (exact) mass is 386 g/mol. The number of carboxylic acids is 1. The Morgan fingerprint density at radius 1 is 0.889 bits per heavy atom. The first-order chi connectivity index (χ1) is 12.9. The lowest BCUT2D eigenvalue weighted by Crippen LogP contribution is -2.51. The Balaban J connectivity index is 1.57. The number of benzene rings is 2. The van der Waals surface area contributed by atoms with Crippen molar-refractivity contribution in [3.8, 4) is 0 Å². The van der Waals surface area contributed by atoms with Gasteiger partial charge in [-0.2, -0.15) is 0 Å². The molecule has 7 heteroatoms. The third-order valence-electron chi connectivity index (χ3n) is 4.54. The summed E-state index contributed by atoms with van der Waals surface area (Å²) in [6.45, 7) is 1.75. The highest BCUT2D eigenvalue weighted by atomic mass is 35.5. The molecule has 0 unspecified atom stereocenters. The van der Waals surface area contributed by atoms with Gasteiger partial charge in [-0.25, -0.2) is 4.79 Å². The molecule has 3 rings (SSSR count). The predicted molar refractivity (Wildman–Crippen MR) is 101 cm³/mol. The van der Waals surface area contributed by atoms with E-state index in [-0.39, 0.29) is 17.4 Å². The van der Waals surface area contributed by atoms with Crippen LogP contribution < -0.4 is 0 Å². The Hall–Kier alpha value is -2.86. The van der Waals surface area contributed by atoms with Crippen LogP contribution in [0.3, 0.4) is 0 Å². The summed E-state index contributed by atoms with van der Waals surface area (Å²) in [6, 6.07) is 13.2. The zero-order valence-electron chi connectivity index (χ0n) is 14.6. The van der Waals surface area contributed by atoms with Crippen molar-refractivity contribution in [1.29, 1.82) is 0 Å². The Kier molecular flexibility index (Phi) is 5.76. The van der Waals surface area contributed by atoms with Crippen LogP contribution in [0.1, 0.15) is 26.3 Å². The van der Waals surface area contributed by atoms with E-state index in [4.69, 9.17) is 16.7 Å². The maximum Gasteiger partial charge on any atom is 0.335 e. The molecule has 2 aromatic rings. The van der Waals surface area contributed by atoms with E-state index in [1.54, 1.807) is 34.1 Å². The first kappa shape index (κ1) is 18.9. The molecule has 1 N–H and O–H groups in total. The van der Waals surface area contributed by atoms with Gasteiger partial charge < -0.3 is 14.9 Å². The molecule has 0 atom stereocenters. The molecule has 2 aromatic carbocycles. The van der Waals surface area contributed by atoms with Gasteiger partial charge in [0.2, 0.25) is 5.91 Å². The van der Waals surface area contributed by atoms with Crippen LogP contribution in [0.2, 0.25) is 5.02 Å². The Bertz CT molecular complexity index is 859. The number of rotatable bonds is 4. The molecule has 27 heavy (non-hydrogen) atoms. The molecule has 1 fully saturated rings. The van der Waals surface area contributed by atoms with Crippen LogP contribution in [0.4, 0.5) is 0 Å². The van der Waals surface area contributed by atoms with Crippen LogP contribution in [0.15, 0.2) is 48.5 Å². The summed E-state index contributed by atoms with van der Waals surface area (Å²) in [5.74, 6) is -1.28. The highest BCUT2D eigenvalue weighted by Gasteiger charge is 2.25. The number of piperazine rings is 1. The smallest absolute Gasteiger partial charge is 0.335 e. The van der Waals surface area contributed by atoms with Crippen LogP contribution in [0, 0.1) is 0 Å². The van der Waals surface area contributed by atoms with E-state index in [0.717, 1.165) is 5.56 Å². The number of carbonyl (C=O) groups excluding carboxylic acids is 2. The maximum atomic E-state index is 12.6. The number of nitrogens with zero attached hydrogens (tertiary/aromatic N) is 2. The maximum absolute atomic E-state index is 12.6. The van der Waals surface area contributed by atoms with E-state index in [0.29, 0.717) is 43.2 Å². The second-order valence-electron chi connectivity index (χ2n) is 6.36. The predicted octanol–water partition coefficient (Wildman–Crippen LogP) is 2.57. The fraction of sp³-hybridized carbons (Fsp3) is 0.250. The highest BCUT2D eigenvalue weighted by Crippen LogP contribution is 2.14. The van der Waals surface area contributed by atoms with Crippen molar-refractivity contribution in [3.05, 3.63) is 70.2 Å². The lowest BCUT2D eigenvalue weighted by molar-refractivity contribution is -0.131. The number of carboxylic acid groups (broad SMARTS) is 1. The quantitative estimate of drug-likeness (QED) is 0.876. The van der Waals surface area contributed by atoms with Gasteiger partial charge in [-0.15, -0.1) is 0 Å². The van der Waals surface area contributed by atoms with Gasteiger partial charge in [0.15, 0.2) is 0 Å². The molecule has 0 saturated carbocycles. The summed E-state index contributed by atoms with van der Waals surface area (Å²) in [6.07, 6.45) is 0.297. The van der Waals surface area contributed by atoms with Gasteiger partial charge >= 0.3 is 5.97 Å². The Morgan fingerprint density at radius 3 is 2.11 bits per heavy atom. The summed E-state index contributed by atoms with van der Waals surface area (Å²) in [4.78, 5) is 39.5. The van der Waals surface area contributed by atoms with Gasteiger partial charge in [0.25, 0.3) is 5.91 Å². The highest BCUT2D eigenvalue weighted by molar-refractivity contribution is 6.30. The minimum atomic E-state index is -1.07. The molecule has 0 aromatic heterocycles. The van der Waals surface area contributed by atoms with Gasteiger partial charge in [0.05, 0.1) is 12.0 Å². The van der Waals surface area contributed by atoms with Crippen LogP contribution in [0.5, 0.6) is 0 Å². The first-order valence-electron chi connectivity index (χ1n) is 8.59. The standard InChI is InChI=1S/C20H19ClN2O4/c21-17-6-4-14(5-7-17)12-18(24)22-8-10-23(11-9-22)19(25)15-2-1-3-16(13-15)20(26)27/h1-7,13H,8-12H2,(H,26,27). The number of carbonyl (C=O) groups is 3. The number of hydrogen-bond acceptors (Lipinski definition) is 3. The lowest BCUT2D eigenvalue weighted by atomic mass is 10.1. The van der Waals surface area contributed by atoms with Gasteiger partial charge in [-0.1, -0.05) is 29.8 Å². The molecule has 0 radical (unpaired) electrons. The van der Waals surface area contributed by atoms with Crippen molar-refractivity contribution in [1.82, 2.24) is 9.80 Å². The largest absolute Gasteiger partial charge is 0.478 e. The zero-order valence-corrected chi connectivity index (χ0v) is 15.4. The molecule has 1 saturated heterocycles. The van der Waals surface area contributed by atoms with E-state index in [1.807, 2.05) is 12.1 Å². The van der Waals surface area contributed by atoms with Crippen molar-refractivity contribution < 1.29 is 19.5 Å². The van der Waals surface area contributed by atoms with Crippen molar-refractivity contribution in [2.45, 2.75) is 6.42 Å². The Labute approximate surface area is 162 Å². The van der Waals surface area contributed by atoms with Gasteiger partial charge in [0, 0.05) is 36.8 Å². The summed E-state index contributed by atoms with van der Waals surface area (Å²) < 4.78 is 0. The van der Waals surface area contributed by atoms with Crippen LogP contribution >= 0.6 is 11.6 Å². The van der Waals surface area contributed by atoms with E-state index >= 15 is 0 Å².